The molecule has 0 atom stereocenters. The molecule has 4 heteroatoms. The Morgan fingerprint density at radius 3 is 3.18 bits per heavy atom. The number of aliphatic carboxylic acids is 1. The van der Waals surface area contributed by atoms with Crippen LogP contribution < -0.4 is 4.74 Å². The van der Waals surface area contributed by atoms with Crippen molar-refractivity contribution in [3.63, 3.8) is 0 Å². The molecule has 0 aliphatic heterocycles. The number of para-hydroxylation sites is 1. The van der Waals surface area contributed by atoms with Crippen LogP contribution in [-0.2, 0) is 11.2 Å². The average Bonchev–Trinajstić information content (AvgIpc) is 2.86. The number of carboxylic acids is 1. The number of rotatable bonds is 3. The number of furan rings is 1. The molecule has 0 saturated carbocycles. The van der Waals surface area contributed by atoms with Crippen LogP contribution in [0.15, 0.2) is 28.7 Å². The summed E-state index contributed by atoms with van der Waals surface area (Å²) >= 11 is 0. The second-order valence-electron chi connectivity index (χ2n) is 3.87. The maximum absolute atomic E-state index is 10.5. The van der Waals surface area contributed by atoms with Crippen LogP contribution in [0.1, 0.15) is 11.3 Å². The molecule has 0 spiro atoms. The number of carboxylic acid groups (broad SMARTS) is 1. The molecular weight excluding hydrogens is 220 g/mol. The van der Waals surface area contributed by atoms with E-state index in [2.05, 4.69) is 0 Å². The van der Waals surface area contributed by atoms with Crippen LogP contribution in [0.4, 0.5) is 0 Å². The van der Waals surface area contributed by atoms with Crippen molar-refractivity contribution >= 4 is 23.0 Å². The summed E-state index contributed by atoms with van der Waals surface area (Å²) in [6, 6.07) is 5.51. The van der Waals surface area contributed by atoms with Crippen molar-refractivity contribution in [2.24, 2.45) is 0 Å². The molecule has 86 valence electrons. The first-order valence-electron chi connectivity index (χ1n) is 5.31. The Kier molecular flexibility index (Phi) is 2.14. The third-order valence-electron chi connectivity index (χ3n) is 2.76. The van der Waals surface area contributed by atoms with Crippen LogP contribution in [-0.4, -0.2) is 17.7 Å². The second kappa shape index (κ2) is 3.66. The monoisotopic (exact) mass is 230 g/mol. The summed E-state index contributed by atoms with van der Waals surface area (Å²) in [4.78, 5) is 10.5. The molecule has 0 radical (unpaired) electrons. The van der Waals surface area contributed by atoms with Gasteiger partial charge >= 0.3 is 5.97 Å². The zero-order chi connectivity index (χ0) is 11.8. The molecule has 4 nitrogen and oxygen atoms in total. The largest absolute Gasteiger partial charge is 0.479 e. The van der Waals surface area contributed by atoms with Gasteiger partial charge < -0.3 is 14.3 Å². The molecule has 1 aliphatic carbocycles. The van der Waals surface area contributed by atoms with E-state index >= 15 is 0 Å². The Hall–Kier alpha value is -2.23. The quantitative estimate of drug-likeness (QED) is 0.879. The Morgan fingerprint density at radius 2 is 2.35 bits per heavy atom. The average molecular weight is 230 g/mol. The molecule has 0 fully saturated rings. The highest BCUT2D eigenvalue weighted by Gasteiger charge is 2.18. The van der Waals surface area contributed by atoms with E-state index in [-0.39, 0.29) is 6.61 Å². The van der Waals surface area contributed by atoms with Crippen LogP contribution in [0.5, 0.6) is 5.75 Å². The molecule has 1 heterocycles. The van der Waals surface area contributed by atoms with E-state index in [1.807, 2.05) is 24.3 Å². The van der Waals surface area contributed by atoms with E-state index in [0.29, 0.717) is 11.3 Å². The first-order valence-corrected chi connectivity index (χ1v) is 5.31. The predicted octanol–water partition coefficient (Wildman–Crippen LogP) is 2.47. The third kappa shape index (κ3) is 1.58. The minimum Gasteiger partial charge on any atom is -0.479 e. The summed E-state index contributed by atoms with van der Waals surface area (Å²) in [5.74, 6) is 0.320. The molecule has 0 amide bonds. The zero-order valence-electron chi connectivity index (χ0n) is 8.97. The fourth-order valence-electron chi connectivity index (χ4n) is 2.05. The molecule has 1 aromatic carbocycles. The summed E-state index contributed by atoms with van der Waals surface area (Å²) < 4.78 is 10.9. The predicted molar refractivity (Wildman–Crippen MR) is 62.1 cm³/mol. The number of hydrogen-bond acceptors (Lipinski definition) is 3. The minimum atomic E-state index is -0.999. The minimum absolute atomic E-state index is 0.361. The lowest BCUT2D eigenvalue weighted by atomic mass is 10.1. The van der Waals surface area contributed by atoms with Crippen LogP contribution in [0.3, 0.4) is 0 Å². The molecule has 0 unspecified atom stereocenters. The molecule has 1 N–H and O–H groups in total. The number of allylic oxidation sites excluding steroid dienone is 1. The van der Waals surface area contributed by atoms with Crippen LogP contribution in [0, 0.1) is 0 Å². The number of fused-ring (bicyclic) bond motifs is 3. The fourth-order valence-corrected chi connectivity index (χ4v) is 2.05. The Morgan fingerprint density at radius 1 is 1.47 bits per heavy atom. The first kappa shape index (κ1) is 9.96. The van der Waals surface area contributed by atoms with Crippen molar-refractivity contribution in [1.82, 2.24) is 0 Å². The molecular formula is C13H10O4. The van der Waals surface area contributed by atoms with E-state index in [1.54, 1.807) is 6.07 Å². The maximum atomic E-state index is 10.5. The molecule has 17 heavy (non-hydrogen) atoms. The van der Waals surface area contributed by atoms with Gasteiger partial charge in [0.25, 0.3) is 0 Å². The standard InChI is InChI=1S/C13H10O4/c14-12(15)7-16-11-6-2-4-9-8-3-1-5-10(8)17-13(9)11/h1-2,4-6H,3,7H2,(H,14,15). The number of ether oxygens (including phenoxy) is 1. The summed E-state index contributed by atoms with van der Waals surface area (Å²) in [5.41, 5.74) is 1.77. The highest BCUT2D eigenvalue weighted by molar-refractivity contribution is 5.90. The van der Waals surface area contributed by atoms with Gasteiger partial charge in [0, 0.05) is 10.9 Å². The van der Waals surface area contributed by atoms with E-state index < -0.39 is 5.97 Å². The van der Waals surface area contributed by atoms with Gasteiger partial charge in [0.1, 0.15) is 5.76 Å². The third-order valence-corrected chi connectivity index (χ3v) is 2.76. The number of hydrogen-bond donors (Lipinski definition) is 1. The van der Waals surface area contributed by atoms with Gasteiger partial charge in [-0.25, -0.2) is 4.79 Å². The first-order chi connectivity index (χ1) is 8.25. The van der Waals surface area contributed by atoms with Gasteiger partial charge in [-0.3, -0.25) is 0 Å². The molecule has 0 bridgehead atoms. The molecule has 1 aromatic heterocycles. The van der Waals surface area contributed by atoms with Crippen LogP contribution in [0.2, 0.25) is 0 Å². The summed E-state index contributed by atoms with van der Waals surface area (Å²) in [6.45, 7) is -0.361. The second-order valence-corrected chi connectivity index (χ2v) is 3.87. The van der Waals surface area contributed by atoms with Crippen LogP contribution in [0.25, 0.3) is 17.0 Å². The highest BCUT2D eigenvalue weighted by Crippen LogP contribution is 2.36. The molecule has 0 saturated heterocycles. The van der Waals surface area contributed by atoms with E-state index in [9.17, 15) is 4.79 Å². The van der Waals surface area contributed by atoms with Gasteiger partial charge in [-0.15, -0.1) is 0 Å². The van der Waals surface area contributed by atoms with Gasteiger partial charge in [-0.05, 0) is 18.6 Å². The van der Waals surface area contributed by atoms with Gasteiger partial charge in [-0.2, -0.15) is 0 Å². The SMILES string of the molecule is O=C(O)COc1cccc2c3c(oc12)C=CC3. The summed E-state index contributed by atoms with van der Waals surface area (Å²) in [7, 11) is 0. The normalized spacial score (nSPS) is 12.9. The Labute approximate surface area is 97.1 Å². The van der Waals surface area contributed by atoms with Crippen LogP contribution >= 0.6 is 0 Å². The number of carbonyl (C=O) groups is 1. The van der Waals surface area contributed by atoms with Gasteiger partial charge in [0.15, 0.2) is 17.9 Å². The fraction of sp³-hybridized carbons (Fsp3) is 0.154. The van der Waals surface area contributed by atoms with Gasteiger partial charge in [0.2, 0.25) is 0 Å². The maximum Gasteiger partial charge on any atom is 0.341 e. The highest BCUT2D eigenvalue weighted by atomic mass is 16.5. The topological polar surface area (TPSA) is 59.7 Å². The van der Waals surface area contributed by atoms with E-state index in [0.717, 1.165) is 23.1 Å². The van der Waals surface area contributed by atoms with Crippen molar-refractivity contribution in [2.75, 3.05) is 6.61 Å². The summed E-state index contributed by atoms with van der Waals surface area (Å²) in [6.07, 6.45) is 4.82. The lowest BCUT2D eigenvalue weighted by Gasteiger charge is -2.03. The lowest BCUT2D eigenvalue weighted by molar-refractivity contribution is -0.139. The van der Waals surface area contributed by atoms with Crippen molar-refractivity contribution in [1.29, 1.82) is 0 Å². The van der Waals surface area contributed by atoms with Gasteiger partial charge in [0.05, 0.1) is 0 Å². The van der Waals surface area contributed by atoms with Gasteiger partial charge in [-0.1, -0.05) is 18.2 Å². The van der Waals surface area contributed by atoms with Crippen molar-refractivity contribution < 1.29 is 19.1 Å². The van der Waals surface area contributed by atoms with Crippen molar-refractivity contribution in [3.05, 3.63) is 35.6 Å². The molecule has 2 aromatic rings. The van der Waals surface area contributed by atoms with Crippen molar-refractivity contribution in [3.8, 4) is 5.75 Å². The molecule has 3 rings (SSSR count). The Bertz CT molecular complexity index is 622. The lowest BCUT2D eigenvalue weighted by Crippen LogP contribution is -2.09. The smallest absolute Gasteiger partial charge is 0.341 e. The van der Waals surface area contributed by atoms with Crippen molar-refractivity contribution in [2.45, 2.75) is 6.42 Å². The summed E-state index contributed by atoms with van der Waals surface area (Å²) in [5, 5.41) is 9.59. The Balaban J connectivity index is 2.07. The van der Waals surface area contributed by atoms with E-state index in [4.69, 9.17) is 14.3 Å². The zero-order valence-corrected chi connectivity index (χ0v) is 8.97. The number of benzene rings is 1. The van der Waals surface area contributed by atoms with E-state index in [1.165, 1.54) is 0 Å². The molecule has 1 aliphatic rings.